The lowest BCUT2D eigenvalue weighted by molar-refractivity contribution is -0.143. The number of carbonyl (C=O) groups excluding carboxylic acids is 1. The number of benzene rings is 2. The van der Waals surface area contributed by atoms with Crippen LogP contribution in [0.4, 0.5) is 30.7 Å². The number of carbonyl (C=O) groups is 1. The Kier molecular flexibility index (Phi) is 9.20. The first-order valence-electron chi connectivity index (χ1n) is 14.6. The molecule has 1 aromatic heterocycles. The fraction of sp³-hybridized carbons (Fsp3) is 0.533. The van der Waals surface area contributed by atoms with E-state index in [1.165, 1.54) is 12.1 Å². The number of halogens is 8. The Balaban J connectivity index is 0.00000400. The first-order chi connectivity index (χ1) is 20.8. The summed E-state index contributed by atoms with van der Waals surface area (Å²) in [7, 11) is 0. The van der Waals surface area contributed by atoms with Crippen LogP contribution in [0.5, 0.6) is 0 Å². The molecule has 3 aliphatic rings. The number of amides is 1. The van der Waals surface area contributed by atoms with E-state index in [4.69, 9.17) is 0 Å². The van der Waals surface area contributed by atoms with Crippen LogP contribution >= 0.6 is 12.4 Å². The number of aromatic nitrogens is 4. The standard InChI is InChI=1S/C30H31F7N6O.ClH/c31-22-3-1-18(2-4-22)19-6-9-43(10-7-19)23-5-8-28(15-23,25-14-24(25)26-39-41-42-40-26)27(44)38-16-17-11-20(29(32,33)34)13-21(12-17)30(35,36)37;/h1-4,11-13,19,23-25H,5-10,14-16H2,(H,38,44)(H,39,40,41,42);1H. The van der Waals surface area contributed by atoms with E-state index >= 15 is 0 Å². The molecular formula is C30H32ClF7N6O. The van der Waals surface area contributed by atoms with Gasteiger partial charge in [0.1, 0.15) is 5.82 Å². The van der Waals surface area contributed by atoms with Gasteiger partial charge < -0.3 is 10.2 Å². The third kappa shape index (κ3) is 6.96. The molecule has 244 valence electrons. The van der Waals surface area contributed by atoms with Gasteiger partial charge in [0.25, 0.3) is 0 Å². The maximum absolute atomic E-state index is 13.9. The topological polar surface area (TPSA) is 86.8 Å². The molecule has 0 spiro atoms. The Morgan fingerprint density at radius 1 is 0.978 bits per heavy atom. The highest BCUT2D eigenvalue weighted by Gasteiger charge is 2.61. The average Bonchev–Trinajstić information content (AvgIpc) is 3.38. The van der Waals surface area contributed by atoms with E-state index in [1.807, 2.05) is 12.1 Å². The van der Waals surface area contributed by atoms with E-state index in [-0.39, 0.29) is 53.6 Å². The number of likely N-dealkylation sites (tertiary alicyclic amines) is 1. The SMILES string of the molecule is Cl.O=C(NCc1cc(C(F)(F)F)cc(C(F)(F)F)c1)C1(C2CC2c2nn[nH]n2)CCC(N2CCC(c3ccc(F)cc3)CC2)C1. The van der Waals surface area contributed by atoms with Crippen LogP contribution in [0.15, 0.2) is 42.5 Å². The number of H-pyrrole nitrogens is 1. The Bertz CT molecular complexity index is 1440. The normalized spacial score (nSPS) is 26.0. The zero-order chi connectivity index (χ0) is 31.3. The van der Waals surface area contributed by atoms with Crippen molar-refractivity contribution in [2.45, 2.75) is 75.3 Å². The van der Waals surface area contributed by atoms with Crippen molar-refractivity contribution >= 4 is 18.3 Å². The number of tetrazole rings is 1. The fourth-order valence-electron chi connectivity index (χ4n) is 7.30. The molecule has 4 unspecified atom stereocenters. The van der Waals surface area contributed by atoms with Crippen molar-refractivity contribution in [3.63, 3.8) is 0 Å². The van der Waals surface area contributed by atoms with Crippen molar-refractivity contribution in [3.8, 4) is 0 Å². The summed E-state index contributed by atoms with van der Waals surface area (Å²) in [5, 5.41) is 16.9. The van der Waals surface area contributed by atoms with Crippen LogP contribution in [0, 0.1) is 17.2 Å². The molecule has 45 heavy (non-hydrogen) atoms. The molecule has 0 radical (unpaired) electrons. The van der Waals surface area contributed by atoms with Crippen LogP contribution in [0.1, 0.15) is 78.4 Å². The van der Waals surface area contributed by atoms with Crippen LogP contribution in [-0.2, 0) is 23.7 Å². The predicted molar refractivity (Wildman–Crippen MR) is 151 cm³/mol. The number of rotatable bonds is 7. The molecule has 6 rings (SSSR count). The minimum Gasteiger partial charge on any atom is -0.352 e. The van der Waals surface area contributed by atoms with Gasteiger partial charge in [0.15, 0.2) is 5.82 Å². The Morgan fingerprint density at radius 2 is 1.62 bits per heavy atom. The summed E-state index contributed by atoms with van der Waals surface area (Å²) in [4.78, 5) is 16.3. The largest absolute Gasteiger partial charge is 0.416 e. The molecule has 15 heteroatoms. The van der Waals surface area contributed by atoms with Gasteiger partial charge in [0, 0.05) is 18.5 Å². The first kappa shape index (κ1) is 33.1. The zero-order valence-corrected chi connectivity index (χ0v) is 24.8. The van der Waals surface area contributed by atoms with Gasteiger partial charge in [-0.15, -0.1) is 22.6 Å². The highest BCUT2D eigenvalue weighted by molar-refractivity contribution is 5.85. The molecular weight excluding hydrogens is 629 g/mol. The minimum absolute atomic E-state index is 0. The van der Waals surface area contributed by atoms with Crippen molar-refractivity contribution in [2.75, 3.05) is 13.1 Å². The number of piperidine rings is 1. The lowest BCUT2D eigenvalue weighted by Gasteiger charge is -2.37. The molecule has 7 nitrogen and oxygen atoms in total. The van der Waals surface area contributed by atoms with E-state index < -0.39 is 35.4 Å². The van der Waals surface area contributed by atoms with Crippen molar-refractivity contribution in [3.05, 3.63) is 76.4 Å². The second-order valence-electron chi connectivity index (χ2n) is 12.2. The Labute approximate surface area is 260 Å². The van der Waals surface area contributed by atoms with E-state index in [9.17, 15) is 35.5 Å². The van der Waals surface area contributed by atoms with Crippen LogP contribution in [0.2, 0.25) is 0 Å². The van der Waals surface area contributed by atoms with Crippen molar-refractivity contribution < 1.29 is 35.5 Å². The van der Waals surface area contributed by atoms with E-state index in [1.54, 1.807) is 0 Å². The van der Waals surface area contributed by atoms with Gasteiger partial charge in [0.2, 0.25) is 5.91 Å². The molecule has 2 aliphatic carbocycles. The molecule has 0 bridgehead atoms. The van der Waals surface area contributed by atoms with Gasteiger partial charge in [-0.3, -0.25) is 4.79 Å². The summed E-state index contributed by atoms with van der Waals surface area (Å²) in [6.45, 7) is 1.13. The molecule has 4 atom stereocenters. The maximum Gasteiger partial charge on any atom is 0.416 e. The average molecular weight is 661 g/mol. The maximum atomic E-state index is 13.9. The molecule has 1 aliphatic heterocycles. The number of alkyl halides is 6. The van der Waals surface area contributed by atoms with Gasteiger partial charge in [-0.2, -0.15) is 31.6 Å². The number of aromatic amines is 1. The zero-order valence-electron chi connectivity index (χ0n) is 24.0. The third-order valence-electron chi connectivity index (χ3n) is 9.66. The molecule has 2 heterocycles. The van der Waals surface area contributed by atoms with Gasteiger partial charge >= 0.3 is 12.4 Å². The summed E-state index contributed by atoms with van der Waals surface area (Å²) in [6.07, 6.45) is -5.79. The molecule has 1 saturated heterocycles. The Morgan fingerprint density at radius 3 is 2.20 bits per heavy atom. The number of hydrogen-bond acceptors (Lipinski definition) is 5. The van der Waals surface area contributed by atoms with Gasteiger partial charge in [-0.05, 0) is 105 Å². The highest BCUT2D eigenvalue weighted by Crippen LogP contribution is 2.62. The molecule has 2 N–H and O–H groups in total. The molecule has 2 saturated carbocycles. The Hall–Kier alpha value is -3.26. The summed E-state index contributed by atoms with van der Waals surface area (Å²) >= 11 is 0. The van der Waals surface area contributed by atoms with Crippen LogP contribution < -0.4 is 5.32 Å². The lowest BCUT2D eigenvalue weighted by atomic mass is 9.78. The summed E-state index contributed by atoms with van der Waals surface area (Å²) in [5.74, 6) is -0.121. The van der Waals surface area contributed by atoms with Crippen molar-refractivity contribution in [1.29, 1.82) is 0 Å². The summed E-state index contributed by atoms with van der Waals surface area (Å²) < 4.78 is 93.8. The third-order valence-corrected chi connectivity index (χ3v) is 9.66. The van der Waals surface area contributed by atoms with Crippen molar-refractivity contribution in [1.82, 2.24) is 30.8 Å². The quantitative estimate of drug-likeness (QED) is 0.278. The molecule has 3 fully saturated rings. The monoisotopic (exact) mass is 660 g/mol. The number of nitrogens with one attached hydrogen (secondary N) is 2. The fourth-order valence-corrected chi connectivity index (χ4v) is 7.30. The predicted octanol–water partition coefficient (Wildman–Crippen LogP) is 6.64. The van der Waals surface area contributed by atoms with E-state index in [0.717, 1.165) is 37.9 Å². The number of hydrogen-bond donors (Lipinski definition) is 2. The summed E-state index contributed by atoms with van der Waals surface area (Å²) in [5.41, 5.74) is -2.90. The molecule has 2 aromatic carbocycles. The molecule has 1 amide bonds. The number of nitrogens with zero attached hydrogens (tertiary/aromatic N) is 4. The van der Waals surface area contributed by atoms with E-state index in [2.05, 4.69) is 30.8 Å². The van der Waals surface area contributed by atoms with E-state index in [0.29, 0.717) is 43.1 Å². The summed E-state index contributed by atoms with van der Waals surface area (Å²) in [6, 6.07) is 8.01. The van der Waals surface area contributed by atoms with Crippen LogP contribution in [0.3, 0.4) is 0 Å². The molecule has 3 aromatic rings. The van der Waals surface area contributed by atoms with Gasteiger partial charge in [-0.1, -0.05) is 17.3 Å². The second kappa shape index (κ2) is 12.5. The highest BCUT2D eigenvalue weighted by atomic mass is 35.5. The second-order valence-corrected chi connectivity index (χ2v) is 12.2. The first-order valence-corrected chi connectivity index (χ1v) is 14.6. The smallest absolute Gasteiger partial charge is 0.352 e. The van der Waals surface area contributed by atoms with Gasteiger partial charge in [-0.25, -0.2) is 4.39 Å². The van der Waals surface area contributed by atoms with Crippen LogP contribution in [-0.4, -0.2) is 50.6 Å². The van der Waals surface area contributed by atoms with Gasteiger partial charge in [0.05, 0.1) is 16.5 Å². The van der Waals surface area contributed by atoms with Crippen LogP contribution in [0.25, 0.3) is 0 Å². The minimum atomic E-state index is -4.98. The van der Waals surface area contributed by atoms with Crippen molar-refractivity contribution in [2.24, 2.45) is 11.3 Å². The lowest BCUT2D eigenvalue weighted by Crippen LogP contribution is -2.44.